The minimum absolute atomic E-state index is 0.0937. The van der Waals surface area contributed by atoms with Crippen molar-refractivity contribution in [2.75, 3.05) is 13.1 Å². The Morgan fingerprint density at radius 3 is 2.58 bits per heavy atom. The zero-order valence-corrected chi connectivity index (χ0v) is 13.3. The van der Waals surface area contributed by atoms with E-state index in [1.165, 1.54) is 0 Å². The van der Waals surface area contributed by atoms with E-state index in [4.69, 9.17) is 0 Å². The van der Waals surface area contributed by atoms with Gasteiger partial charge in [0.2, 0.25) is 0 Å². The molecule has 1 aromatic heterocycles. The lowest BCUT2D eigenvalue weighted by Crippen LogP contribution is -2.40. The van der Waals surface area contributed by atoms with E-state index in [0.717, 1.165) is 31.6 Å². The van der Waals surface area contributed by atoms with Crippen LogP contribution >= 0.6 is 15.9 Å². The van der Waals surface area contributed by atoms with E-state index in [9.17, 15) is 4.79 Å². The fourth-order valence-corrected chi connectivity index (χ4v) is 3.03. The lowest BCUT2D eigenvalue weighted by Gasteiger charge is -2.33. The Kier molecular flexibility index (Phi) is 4.55. The first-order valence-corrected chi connectivity index (χ1v) is 7.65. The second-order valence-corrected chi connectivity index (χ2v) is 6.74. The molecule has 1 aromatic rings. The Balaban J connectivity index is 2.07. The number of carbonyl (C=O) groups is 1. The number of likely N-dealkylation sites (tertiary alicyclic amines) is 1. The van der Waals surface area contributed by atoms with Crippen LogP contribution in [0.3, 0.4) is 0 Å². The first kappa shape index (κ1) is 14.4. The highest BCUT2D eigenvalue weighted by Crippen LogP contribution is 2.26. The lowest BCUT2D eigenvalue weighted by atomic mass is 9.94. The van der Waals surface area contributed by atoms with Gasteiger partial charge in [-0.2, -0.15) is 10.2 Å². The Bertz CT molecular complexity index is 468. The number of hydrogen-bond donors (Lipinski definition) is 0. The molecule has 1 unspecified atom stereocenters. The van der Waals surface area contributed by atoms with Crippen molar-refractivity contribution in [3.8, 4) is 0 Å². The van der Waals surface area contributed by atoms with Crippen LogP contribution in [0.15, 0.2) is 6.07 Å². The number of amides is 1. The maximum Gasteiger partial charge on any atom is 0.255 e. The number of aromatic nitrogens is 2. The van der Waals surface area contributed by atoms with Crippen LogP contribution in [0.4, 0.5) is 0 Å². The summed E-state index contributed by atoms with van der Waals surface area (Å²) in [7, 11) is 0. The molecule has 1 aliphatic rings. The van der Waals surface area contributed by atoms with Crippen LogP contribution in [0.1, 0.15) is 41.5 Å². The molecule has 2 heterocycles. The van der Waals surface area contributed by atoms with E-state index in [0.29, 0.717) is 22.0 Å². The minimum atomic E-state index is 0.0937. The number of carbonyl (C=O) groups excluding carboxylic acids is 1. The summed E-state index contributed by atoms with van der Waals surface area (Å²) in [5.41, 5.74) is 2.20. The van der Waals surface area contributed by atoms with Gasteiger partial charge in [-0.05, 0) is 38.7 Å². The lowest BCUT2D eigenvalue weighted by molar-refractivity contribution is 0.0690. The number of aryl methyl sites for hydroxylation is 2. The summed E-state index contributed by atoms with van der Waals surface area (Å²) in [5.74, 6) is 0.763. The van der Waals surface area contributed by atoms with Crippen LogP contribution in [0.25, 0.3) is 0 Å². The van der Waals surface area contributed by atoms with Crippen molar-refractivity contribution in [2.24, 2.45) is 5.92 Å². The third-order valence-electron chi connectivity index (χ3n) is 3.81. The molecule has 0 N–H and O–H groups in total. The molecule has 1 amide bonds. The molecule has 0 radical (unpaired) electrons. The van der Waals surface area contributed by atoms with Crippen LogP contribution < -0.4 is 0 Å². The van der Waals surface area contributed by atoms with Gasteiger partial charge in [0.05, 0.1) is 17.0 Å². The molecule has 0 bridgehead atoms. The van der Waals surface area contributed by atoms with Crippen LogP contribution in [-0.2, 0) is 0 Å². The van der Waals surface area contributed by atoms with E-state index in [2.05, 4.69) is 33.1 Å². The van der Waals surface area contributed by atoms with Gasteiger partial charge in [-0.1, -0.05) is 22.9 Å². The average Bonchev–Trinajstić information content (AvgIpc) is 2.41. The standard InChI is InChI=1S/C14H20BrN3O/c1-9-8-13(11(3)17-16-9)14(19)18-6-4-12(5-7-18)10(2)15/h8,10,12H,4-7H2,1-3H3. The quantitative estimate of drug-likeness (QED) is 0.785. The maximum absolute atomic E-state index is 12.5. The molecule has 1 aliphatic heterocycles. The highest BCUT2D eigenvalue weighted by atomic mass is 79.9. The van der Waals surface area contributed by atoms with Gasteiger partial charge in [0.25, 0.3) is 5.91 Å². The monoisotopic (exact) mass is 325 g/mol. The van der Waals surface area contributed by atoms with Crippen molar-refractivity contribution < 1.29 is 4.79 Å². The Hall–Kier alpha value is -0.970. The molecule has 2 rings (SSSR count). The molecule has 0 aromatic carbocycles. The summed E-state index contributed by atoms with van der Waals surface area (Å²) in [6.45, 7) is 7.55. The fourth-order valence-electron chi connectivity index (χ4n) is 2.50. The molecule has 5 heteroatoms. The highest BCUT2D eigenvalue weighted by Gasteiger charge is 2.26. The van der Waals surface area contributed by atoms with Crippen LogP contribution in [0.5, 0.6) is 0 Å². The van der Waals surface area contributed by atoms with Crippen molar-refractivity contribution in [3.05, 3.63) is 23.0 Å². The zero-order valence-electron chi connectivity index (χ0n) is 11.7. The van der Waals surface area contributed by atoms with Crippen LogP contribution in [0.2, 0.25) is 0 Å². The Labute approximate surface area is 122 Å². The number of rotatable bonds is 2. The molecule has 1 saturated heterocycles. The van der Waals surface area contributed by atoms with Crippen LogP contribution in [-0.4, -0.2) is 38.9 Å². The molecule has 19 heavy (non-hydrogen) atoms. The fraction of sp³-hybridized carbons (Fsp3) is 0.643. The first-order valence-electron chi connectivity index (χ1n) is 6.73. The van der Waals surface area contributed by atoms with Crippen molar-refractivity contribution in [3.63, 3.8) is 0 Å². The maximum atomic E-state index is 12.5. The molecule has 104 valence electrons. The molecule has 4 nitrogen and oxygen atoms in total. The number of alkyl halides is 1. The molecule has 1 atom stereocenters. The van der Waals surface area contributed by atoms with E-state index in [-0.39, 0.29) is 5.91 Å². The van der Waals surface area contributed by atoms with Gasteiger partial charge < -0.3 is 4.90 Å². The average molecular weight is 326 g/mol. The normalized spacial score (nSPS) is 18.4. The number of nitrogens with zero attached hydrogens (tertiary/aromatic N) is 3. The summed E-state index contributed by atoms with van der Waals surface area (Å²) in [6.07, 6.45) is 2.13. The molecule has 0 aliphatic carbocycles. The zero-order chi connectivity index (χ0) is 14.0. The van der Waals surface area contributed by atoms with Gasteiger partial charge in [-0.15, -0.1) is 0 Å². The minimum Gasteiger partial charge on any atom is -0.339 e. The third-order valence-corrected chi connectivity index (χ3v) is 4.56. The first-order chi connectivity index (χ1) is 8.99. The highest BCUT2D eigenvalue weighted by molar-refractivity contribution is 9.09. The summed E-state index contributed by atoms with van der Waals surface area (Å²) in [5, 5.41) is 8.01. The van der Waals surface area contributed by atoms with E-state index < -0.39 is 0 Å². The van der Waals surface area contributed by atoms with Crippen molar-refractivity contribution >= 4 is 21.8 Å². The number of halogens is 1. The van der Waals surface area contributed by atoms with E-state index >= 15 is 0 Å². The van der Waals surface area contributed by atoms with Crippen LogP contribution in [0, 0.1) is 19.8 Å². The van der Waals surface area contributed by atoms with Crippen molar-refractivity contribution in [1.82, 2.24) is 15.1 Å². The SMILES string of the molecule is Cc1cc(C(=O)N2CCC(C(C)Br)CC2)c(C)nn1. The van der Waals surface area contributed by atoms with E-state index in [1.54, 1.807) is 0 Å². The second kappa shape index (κ2) is 5.99. The van der Waals surface area contributed by atoms with E-state index in [1.807, 2.05) is 24.8 Å². The van der Waals surface area contributed by atoms with Gasteiger partial charge in [-0.3, -0.25) is 4.79 Å². The van der Waals surface area contributed by atoms with Gasteiger partial charge in [0, 0.05) is 17.9 Å². The van der Waals surface area contributed by atoms with Crippen molar-refractivity contribution in [2.45, 2.75) is 38.4 Å². The Morgan fingerprint density at radius 2 is 2.00 bits per heavy atom. The molecular weight excluding hydrogens is 306 g/mol. The number of hydrogen-bond acceptors (Lipinski definition) is 3. The number of piperidine rings is 1. The predicted octanol–water partition coefficient (Wildman–Crippen LogP) is 2.73. The van der Waals surface area contributed by atoms with Gasteiger partial charge >= 0.3 is 0 Å². The third kappa shape index (κ3) is 3.32. The topological polar surface area (TPSA) is 46.1 Å². The smallest absolute Gasteiger partial charge is 0.255 e. The van der Waals surface area contributed by atoms with Gasteiger partial charge in [0.1, 0.15) is 0 Å². The van der Waals surface area contributed by atoms with Gasteiger partial charge in [0.15, 0.2) is 0 Å². The largest absolute Gasteiger partial charge is 0.339 e. The molecular formula is C14H20BrN3O. The van der Waals surface area contributed by atoms with Gasteiger partial charge in [-0.25, -0.2) is 0 Å². The second-order valence-electron chi connectivity index (χ2n) is 5.29. The molecule has 1 fully saturated rings. The Morgan fingerprint density at radius 1 is 1.37 bits per heavy atom. The predicted molar refractivity (Wildman–Crippen MR) is 78.5 cm³/mol. The summed E-state index contributed by atoms with van der Waals surface area (Å²) in [4.78, 5) is 15.0. The summed E-state index contributed by atoms with van der Waals surface area (Å²) < 4.78 is 0. The summed E-state index contributed by atoms with van der Waals surface area (Å²) in [6, 6.07) is 1.84. The van der Waals surface area contributed by atoms with Crippen molar-refractivity contribution in [1.29, 1.82) is 0 Å². The summed E-state index contributed by atoms with van der Waals surface area (Å²) >= 11 is 3.64. The molecule has 0 spiro atoms. The molecule has 0 saturated carbocycles.